The third-order valence-corrected chi connectivity index (χ3v) is 3.37. The Morgan fingerprint density at radius 1 is 1.30 bits per heavy atom. The second-order valence-electron chi connectivity index (χ2n) is 5.51. The molecule has 0 aliphatic carbocycles. The summed E-state index contributed by atoms with van der Waals surface area (Å²) in [7, 11) is 4.87. The van der Waals surface area contributed by atoms with Crippen LogP contribution in [-0.4, -0.2) is 57.7 Å². The standard InChI is InChI=1S/C17H26F2N4O3.HI/c1-5-20-17(21-9-8-15(24)23(2)3)22-11-12-10-13(25-4)6-7-14(12)26-16(18)19;/h6-7,10,16H,5,8-9,11H2,1-4H3,(H2,20,21,22);1H. The van der Waals surface area contributed by atoms with Crippen LogP contribution in [0.5, 0.6) is 11.5 Å². The molecule has 1 amide bonds. The molecule has 1 aromatic carbocycles. The summed E-state index contributed by atoms with van der Waals surface area (Å²) in [4.78, 5) is 17.5. The number of hydrogen-bond acceptors (Lipinski definition) is 4. The Morgan fingerprint density at radius 2 is 2.00 bits per heavy atom. The molecule has 0 saturated heterocycles. The van der Waals surface area contributed by atoms with Gasteiger partial charge in [-0.15, -0.1) is 24.0 Å². The molecule has 1 aromatic rings. The molecule has 1 rings (SSSR count). The summed E-state index contributed by atoms with van der Waals surface area (Å²) in [5.74, 6) is 1.04. The molecule has 0 heterocycles. The first-order valence-corrected chi connectivity index (χ1v) is 8.21. The van der Waals surface area contributed by atoms with E-state index in [1.54, 1.807) is 26.2 Å². The quantitative estimate of drug-likeness (QED) is 0.310. The average molecular weight is 500 g/mol. The van der Waals surface area contributed by atoms with Crippen LogP contribution in [0.2, 0.25) is 0 Å². The lowest BCUT2D eigenvalue weighted by atomic mass is 10.2. The second-order valence-corrected chi connectivity index (χ2v) is 5.51. The lowest BCUT2D eigenvalue weighted by Gasteiger charge is -2.14. The van der Waals surface area contributed by atoms with Crippen LogP contribution in [0.3, 0.4) is 0 Å². The minimum Gasteiger partial charge on any atom is -0.497 e. The number of ether oxygens (including phenoxy) is 2. The fraction of sp³-hybridized carbons (Fsp3) is 0.529. The molecule has 0 aliphatic rings. The molecule has 154 valence electrons. The summed E-state index contributed by atoms with van der Waals surface area (Å²) >= 11 is 0. The minimum absolute atomic E-state index is 0. The third-order valence-electron chi connectivity index (χ3n) is 3.37. The second kappa shape index (κ2) is 13.3. The predicted octanol–water partition coefficient (Wildman–Crippen LogP) is 2.45. The lowest BCUT2D eigenvalue weighted by Crippen LogP contribution is -2.39. The van der Waals surface area contributed by atoms with E-state index in [4.69, 9.17) is 4.74 Å². The summed E-state index contributed by atoms with van der Waals surface area (Å²) in [6, 6.07) is 4.56. The molecule has 10 heteroatoms. The maximum absolute atomic E-state index is 12.6. The summed E-state index contributed by atoms with van der Waals surface area (Å²) < 4.78 is 34.8. The van der Waals surface area contributed by atoms with E-state index in [2.05, 4.69) is 20.4 Å². The normalized spacial score (nSPS) is 10.9. The van der Waals surface area contributed by atoms with Crippen molar-refractivity contribution in [1.82, 2.24) is 15.5 Å². The Morgan fingerprint density at radius 3 is 2.56 bits per heavy atom. The van der Waals surface area contributed by atoms with E-state index >= 15 is 0 Å². The monoisotopic (exact) mass is 500 g/mol. The Balaban J connectivity index is 0.00000676. The highest BCUT2D eigenvalue weighted by atomic mass is 127. The van der Waals surface area contributed by atoms with E-state index in [0.717, 1.165) is 0 Å². The summed E-state index contributed by atoms with van der Waals surface area (Å²) in [6.07, 6.45) is 0.316. The molecule has 0 atom stereocenters. The number of nitrogens with one attached hydrogen (secondary N) is 2. The molecule has 0 unspecified atom stereocenters. The lowest BCUT2D eigenvalue weighted by molar-refractivity contribution is -0.128. The van der Waals surface area contributed by atoms with Gasteiger partial charge in [0.1, 0.15) is 11.5 Å². The Labute approximate surface area is 175 Å². The number of methoxy groups -OCH3 is 1. The first kappa shape index (κ1) is 25.1. The van der Waals surface area contributed by atoms with Gasteiger partial charge in [0.15, 0.2) is 5.96 Å². The third kappa shape index (κ3) is 9.59. The number of halogens is 3. The zero-order valence-corrected chi connectivity index (χ0v) is 18.3. The highest BCUT2D eigenvalue weighted by molar-refractivity contribution is 14.0. The molecule has 0 spiro atoms. The van der Waals surface area contributed by atoms with Crippen LogP contribution in [0.1, 0.15) is 18.9 Å². The largest absolute Gasteiger partial charge is 0.497 e. The Bertz CT molecular complexity index is 616. The highest BCUT2D eigenvalue weighted by Gasteiger charge is 2.11. The number of hydrogen-bond donors (Lipinski definition) is 2. The molecule has 0 saturated carbocycles. The van der Waals surface area contributed by atoms with E-state index in [9.17, 15) is 13.6 Å². The fourth-order valence-corrected chi connectivity index (χ4v) is 2.03. The van der Waals surface area contributed by atoms with Gasteiger partial charge in [0.05, 0.1) is 13.7 Å². The number of amides is 1. The van der Waals surface area contributed by atoms with E-state index in [1.165, 1.54) is 18.1 Å². The number of benzene rings is 1. The van der Waals surface area contributed by atoms with Crippen LogP contribution in [-0.2, 0) is 11.3 Å². The topological polar surface area (TPSA) is 75.2 Å². The zero-order valence-electron chi connectivity index (χ0n) is 15.9. The van der Waals surface area contributed by atoms with Crippen LogP contribution in [0, 0.1) is 0 Å². The van der Waals surface area contributed by atoms with Gasteiger partial charge in [0.25, 0.3) is 0 Å². The van der Waals surface area contributed by atoms with E-state index in [0.29, 0.717) is 36.8 Å². The van der Waals surface area contributed by atoms with Crippen molar-refractivity contribution in [2.45, 2.75) is 26.5 Å². The van der Waals surface area contributed by atoms with Crippen molar-refractivity contribution in [3.8, 4) is 11.5 Å². The highest BCUT2D eigenvalue weighted by Crippen LogP contribution is 2.26. The van der Waals surface area contributed by atoms with Gasteiger partial charge in [0, 0.05) is 39.2 Å². The van der Waals surface area contributed by atoms with Gasteiger partial charge in [-0.25, -0.2) is 4.99 Å². The number of nitrogens with zero attached hydrogens (tertiary/aromatic N) is 2. The van der Waals surface area contributed by atoms with Gasteiger partial charge in [-0.1, -0.05) is 0 Å². The van der Waals surface area contributed by atoms with E-state index < -0.39 is 6.61 Å². The average Bonchev–Trinajstić information content (AvgIpc) is 2.59. The molecule has 0 fully saturated rings. The van der Waals surface area contributed by atoms with Gasteiger partial charge < -0.3 is 25.0 Å². The number of guanidine groups is 1. The van der Waals surface area contributed by atoms with Crippen molar-refractivity contribution in [1.29, 1.82) is 0 Å². The maximum atomic E-state index is 12.6. The zero-order chi connectivity index (χ0) is 19.5. The van der Waals surface area contributed by atoms with Crippen molar-refractivity contribution >= 4 is 35.8 Å². The molecular formula is C17H27F2IN4O3. The fourth-order valence-electron chi connectivity index (χ4n) is 2.03. The van der Waals surface area contributed by atoms with E-state index in [-0.39, 0.29) is 42.2 Å². The Kier molecular flexibility index (Phi) is 12.4. The summed E-state index contributed by atoms with van der Waals surface area (Å²) in [6.45, 7) is 0.109. The van der Waals surface area contributed by atoms with Crippen molar-refractivity contribution in [3.05, 3.63) is 23.8 Å². The Hall–Kier alpha value is -1.85. The van der Waals surface area contributed by atoms with Crippen LogP contribution in [0.4, 0.5) is 8.78 Å². The predicted molar refractivity (Wildman–Crippen MR) is 111 cm³/mol. The van der Waals surface area contributed by atoms with Crippen molar-refractivity contribution < 1.29 is 23.0 Å². The molecule has 2 N–H and O–H groups in total. The van der Waals surface area contributed by atoms with Gasteiger partial charge in [-0.3, -0.25) is 4.79 Å². The molecule has 27 heavy (non-hydrogen) atoms. The molecule has 0 aliphatic heterocycles. The minimum atomic E-state index is -2.92. The van der Waals surface area contributed by atoms with Crippen LogP contribution in [0.25, 0.3) is 0 Å². The number of aliphatic imine (C=N–C) groups is 1. The van der Waals surface area contributed by atoms with Gasteiger partial charge in [0.2, 0.25) is 5.91 Å². The summed E-state index contributed by atoms with van der Waals surface area (Å²) in [5.41, 5.74) is 0.464. The number of carbonyl (C=O) groups excluding carboxylic acids is 1. The van der Waals surface area contributed by atoms with Crippen molar-refractivity contribution in [2.75, 3.05) is 34.3 Å². The smallest absolute Gasteiger partial charge is 0.387 e. The van der Waals surface area contributed by atoms with Crippen LogP contribution in [0.15, 0.2) is 23.2 Å². The maximum Gasteiger partial charge on any atom is 0.387 e. The van der Waals surface area contributed by atoms with Crippen LogP contribution < -0.4 is 20.1 Å². The molecule has 0 aromatic heterocycles. The van der Waals surface area contributed by atoms with Gasteiger partial charge in [-0.2, -0.15) is 8.78 Å². The molecule has 0 radical (unpaired) electrons. The van der Waals surface area contributed by atoms with Crippen LogP contribution >= 0.6 is 24.0 Å². The SMILES string of the molecule is CCNC(=NCc1cc(OC)ccc1OC(F)F)NCCC(=O)N(C)C.I. The molecule has 0 bridgehead atoms. The number of alkyl halides is 2. The first-order valence-electron chi connectivity index (χ1n) is 8.21. The number of rotatable bonds is 9. The molecule has 7 nitrogen and oxygen atoms in total. The van der Waals surface area contributed by atoms with Gasteiger partial charge >= 0.3 is 6.61 Å². The van der Waals surface area contributed by atoms with Crippen molar-refractivity contribution in [2.24, 2.45) is 4.99 Å². The summed E-state index contributed by atoms with van der Waals surface area (Å²) in [5, 5.41) is 6.08. The molecular weight excluding hydrogens is 473 g/mol. The van der Waals surface area contributed by atoms with Gasteiger partial charge in [-0.05, 0) is 25.1 Å². The van der Waals surface area contributed by atoms with Crippen molar-refractivity contribution in [3.63, 3.8) is 0 Å². The number of carbonyl (C=O) groups is 1. The van der Waals surface area contributed by atoms with E-state index in [1.807, 2.05) is 6.92 Å². The first-order chi connectivity index (χ1) is 12.4.